The Balaban J connectivity index is 1.88. The molecule has 0 aliphatic heterocycles. The molecule has 0 saturated heterocycles. The van der Waals surface area contributed by atoms with E-state index in [1.54, 1.807) is 12.1 Å². The number of aromatic nitrogens is 2. The van der Waals surface area contributed by atoms with Crippen molar-refractivity contribution < 1.29 is 14.3 Å². The van der Waals surface area contributed by atoms with Gasteiger partial charge >= 0.3 is 5.97 Å². The fourth-order valence-corrected chi connectivity index (χ4v) is 2.42. The van der Waals surface area contributed by atoms with E-state index in [2.05, 4.69) is 9.97 Å². The number of hydrogen-bond donors (Lipinski definition) is 0. The van der Waals surface area contributed by atoms with Crippen molar-refractivity contribution in [2.45, 2.75) is 19.3 Å². The van der Waals surface area contributed by atoms with Gasteiger partial charge < -0.3 is 4.74 Å². The lowest BCUT2D eigenvalue weighted by Gasteiger charge is -2.12. The van der Waals surface area contributed by atoms with E-state index in [0.29, 0.717) is 41.6 Å². The third-order valence-electron chi connectivity index (χ3n) is 3.21. The standard InChI is InChI=1S/C15H10Cl2N2O3/c16-13-14(17)19-12-6-8(4-5-11(12)18-13)15(21)22-10-3-1-2-9(20)7-10/h4-7H,1-3H2. The van der Waals surface area contributed by atoms with E-state index in [1.807, 2.05) is 0 Å². The van der Waals surface area contributed by atoms with E-state index >= 15 is 0 Å². The summed E-state index contributed by atoms with van der Waals surface area (Å²) in [5.41, 5.74) is 1.27. The van der Waals surface area contributed by atoms with Crippen LogP contribution in [0.25, 0.3) is 11.0 Å². The van der Waals surface area contributed by atoms with Gasteiger partial charge in [-0.25, -0.2) is 14.8 Å². The topological polar surface area (TPSA) is 69.2 Å². The number of benzene rings is 1. The summed E-state index contributed by atoms with van der Waals surface area (Å²) in [6.07, 6.45) is 3.13. The van der Waals surface area contributed by atoms with E-state index in [4.69, 9.17) is 27.9 Å². The molecular formula is C15H10Cl2N2O3. The van der Waals surface area contributed by atoms with Crippen molar-refractivity contribution in [3.05, 3.63) is 45.9 Å². The first kappa shape index (κ1) is 14.9. The van der Waals surface area contributed by atoms with Crippen LogP contribution >= 0.6 is 23.2 Å². The van der Waals surface area contributed by atoms with E-state index in [9.17, 15) is 9.59 Å². The molecule has 0 radical (unpaired) electrons. The minimum atomic E-state index is -0.546. The average Bonchev–Trinajstić information content (AvgIpc) is 2.48. The number of fused-ring (bicyclic) bond motifs is 1. The van der Waals surface area contributed by atoms with Gasteiger partial charge in [0.25, 0.3) is 0 Å². The van der Waals surface area contributed by atoms with Crippen LogP contribution < -0.4 is 0 Å². The molecule has 0 spiro atoms. The highest BCUT2D eigenvalue weighted by atomic mass is 35.5. The van der Waals surface area contributed by atoms with Crippen LogP contribution in [0.5, 0.6) is 0 Å². The van der Waals surface area contributed by atoms with Crippen molar-refractivity contribution in [2.24, 2.45) is 0 Å². The Kier molecular flexibility index (Phi) is 4.09. The molecule has 22 heavy (non-hydrogen) atoms. The first-order valence-electron chi connectivity index (χ1n) is 6.61. The summed E-state index contributed by atoms with van der Waals surface area (Å²) in [6.45, 7) is 0. The highest BCUT2D eigenvalue weighted by molar-refractivity contribution is 6.40. The molecule has 1 aromatic carbocycles. The van der Waals surface area contributed by atoms with Crippen molar-refractivity contribution in [3.63, 3.8) is 0 Å². The Morgan fingerprint density at radius 1 is 1.09 bits per heavy atom. The second-order valence-electron chi connectivity index (χ2n) is 4.83. The number of ether oxygens (including phenoxy) is 1. The minimum absolute atomic E-state index is 0.0279. The van der Waals surface area contributed by atoms with Gasteiger partial charge in [-0.3, -0.25) is 4.79 Å². The fourth-order valence-electron chi connectivity index (χ4n) is 2.16. The summed E-state index contributed by atoms with van der Waals surface area (Å²) < 4.78 is 5.24. The van der Waals surface area contributed by atoms with Gasteiger partial charge in [-0.05, 0) is 24.6 Å². The molecule has 0 bridgehead atoms. The summed E-state index contributed by atoms with van der Waals surface area (Å²) >= 11 is 11.6. The molecule has 0 N–H and O–H groups in total. The summed E-state index contributed by atoms with van der Waals surface area (Å²) in [4.78, 5) is 31.6. The molecule has 2 aromatic rings. The number of esters is 1. The number of ketones is 1. The predicted molar refractivity (Wildman–Crippen MR) is 81.9 cm³/mol. The van der Waals surface area contributed by atoms with Crippen LogP contribution in [0.15, 0.2) is 30.0 Å². The zero-order chi connectivity index (χ0) is 15.7. The molecule has 1 aromatic heterocycles. The van der Waals surface area contributed by atoms with Crippen LogP contribution in [0, 0.1) is 0 Å². The maximum absolute atomic E-state index is 12.1. The van der Waals surface area contributed by atoms with E-state index in [0.717, 1.165) is 0 Å². The fraction of sp³-hybridized carbons (Fsp3) is 0.200. The second-order valence-corrected chi connectivity index (χ2v) is 5.54. The quantitative estimate of drug-likeness (QED) is 0.781. The van der Waals surface area contributed by atoms with Crippen molar-refractivity contribution in [2.75, 3.05) is 0 Å². The summed E-state index contributed by atoms with van der Waals surface area (Å²) in [5, 5.41) is 0.177. The number of rotatable bonds is 2. The van der Waals surface area contributed by atoms with Crippen LogP contribution in [0.4, 0.5) is 0 Å². The monoisotopic (exact) mass is 336 g/mol. The molecule has 0 unspecified atom stereocenters. The van der Waals surface area contributed by atoms with E-state index in [-0.39, 0.29) is 16.1 Å². The van der Waals surface area contributed by atoms with Crippen molar-refractivity contribution in [1.29, 1.82) is 0 Å². The predicted octanol–water partition coefficient (Wildman–Crippen LogP) is 3.73. The molecule has 0 atom stereocenters. The average molecular weight is 337 g/mol. The SMILES string of the molecule is O=C1C=C(OC(=O)c2ccc3nc(Cl)c(Cl)nc3c2)CCC1. The van der Waals surface area contributed by atoms with Gasteiger partial charge in [0.1, 0.15) is 5.76 Å². The third-order valence-corrected chi connectivity index (χ3v) is 3.83. The lowest BCUT2D eigenvalue weighted by atomic mass is 10.1. The summed E-state index contributed by atoms with van der Waals surface area (Å²) in [5.74, 6) is -0.183. The van der Waals surface area contributed by atoms with Gasteiger partial charge in [0.2, 0.25) is 0 Å². The number of halogens is 2. The molecule has 0 fully saturated rings. The molecule has 112 valence electrons. The Morgan fingerprint density at radius 3 is 2.55 bits per heavy atom. The van der Waals surface area contributed by atoms with Crippen LogP contribution in [0.3, 0.4) is 0 Å². The highest BCUT2D eigenvalue weighted by Gasteiger charge is 2.16. The van der Waals surface area contributed by atoms with Crippen LogP contribution in [-0.2, 0) is 9.53 Å². The van der Waals surface area contributed by atoms with Crippen molar-refractivity contribution in [3.8, 4) is 0 Å². The lowest BCUT2D eigenvalue weighted by molar-refractivity contribution is -0.115. The number of carbonyl (C=O) groups excluding carboxylic acids is 2. The molecule has 5 nitrogen and oxygen atoms in total. The first-order valence-corrected chi connectivity index (χ1v) is 7.37. The van der Waals surface area contributed by atoms with Gasteiger partial charge in [-0.15, -0.1) is 0 Å². The Hall–Kier alpha value is -1.98. The van der Waals surface area contributed by atoms with E-state index < -0.39 is 5.97 Å². The summed E-state index contributed by atoms with van der Waals surface area (Å²) in [7, 11) is 0. The Morgan fingerprint density at radius 2 is 1.82 bits per heavy atom. The van der Waals surface area contributed by atoms with Gasteiger partial charge in [-0.2, -0.15) is 0 Å². The second kappa shape index (κ2) is 6.02. The Labute approximate surface area is 135 Å². The lowest BCUT2D eigenvalue weighted by Crippen LogP contribution is -2.10. The number of nitrogens with zero attached hydrogens (tertiary/aromatic N) is 2. The normalized spacial score (nSPS) is 14.8. The first-order chi connectivity index (χ1) is 10.5. The number of carbonyl (C=O) groups is 2. The molecule has 1 aliphatic rings. The Bertz CT molecular complexity index is 818. The molecule has 3 rings (SSSR count). The van der Waals surface area contributed by atoms with Crippen molar-refractivity contribution >= 4 is 46.0 Å². The van der Waals surface area contributed by atoms with Gasteiger partial charge in [0, 0.05) is 18.9 Å². The molecule has 0 saturated carbocycles. The number of hydrogen-bond acceptors (Lipinski definition) is 5. The molecular weight excluding hydrogens is 327 g/mol. The van der Waals surface area contributed by atoms with Crippen LogP contribution in [0.2, 0.25) is 10.3 Å². The van der Waals surface area contributed by atoms with Gasteiger partial charge in [0.05, 0.1) is 16.6 Å². The minimum Gasteiger partial charge on any atom is -0.427 e. The van der Waals surface area contributed by atoms with Crippen LogP contribution in [0.1, 0.15) is 29.6 Å². The molecule has 1 aliphatic carbocycles. The number of allylic oxidation sites excluding steroid dienone is 2. The molecule has 1 heterocycles. The van der Waals surface area contributed by atoms with Crippen LogP contribution in [-0.4, -0.2) is 21.7 Å². The maximum atomic E-state index is 12.1. The molecule has 0 amide bonds. The molecule has 7 heteroatoms. The zero-order valence-corrected chi connectivity index (χ0v) is 12.8. The van der Waals surface area contributed by atoms with Crippen molar-refractivity contribution in [1.82, 2.24) is 9.97 Å². The van der Waals surface area contributed by atoms with Gasteiger partial charge in [0.15, 0.2) is 16.1 Å². The van der Waals surface area contributed by atoms with Gasteiger partial charge in [-0.1, -0.05) is 23.2 Å². The largest absolute Gasteiger partial charge is 0.427 e. The third kappa shape index (κ3) is 3.10. The zero-order valence-electron chi connectivity index (χ0n) is 11.3. The van der Waals surface area contributed by atoms with E-state index in [1.165, 1.54) is 12.1 Å². The highest BCUT2D eigenvalue weighted by Crippen LogP contribution is 2.23. The summed E-state index contributed by atoms with van der Waals surface area (Å²) in [6, 6.07) is 4.70. The maximum Gasteiger partial charge on any atom is 0.343 e. The smallest absolute Gasteiger partial charge is 0.343 e.